The third-order valence-electron chi connectivity index (χ3n) is 7.78. The number of nitrogens with zero attached hydrogens (tertiary/aromatic N) is 2. The molecule has 2 heterocycles. The zero-order chi connectivity index (χ0) is 28.6. The fourth-order valence-corrected chi connectivity index (χ4v) is 7.05. The number of halogens is 1. The van der Waals surface area contributed by atoms with Crippen LogP contribution in [0.1, 0.15) is 40.3 Å². The first-order chi connectivity index (χ1) is 20.6. The molecule has 42 heavy (non-hydrogen) atoms. The van der Waals surface area contributed by atoms with Gasteiger partial charge in [0.15, 0.2) is 4.80 Å². The molecule has 208 valence electrons. The van der Waals surface area contributed by atoms with E-state index >= 15 is 0 Å². The van der Waals surface area contributed by atoms with Crippen LogP contribution in [0.5, 0.6) is 11.5 Å². The minimum atomic E-state index is -0.288. The Hall–Kier alpha value is -4.20. The highest BCUT2D eigenvalue weighted by atomic mass is 79.9. The van der Waals surface area contributed by atoms with Crippen molar-refractivity contribution in [2.24, 2.45) is 4.99 Å². The Kier molecular flexibility index (Phi) is 7.14. The lowest BCUT2D eigenvalue weighted by molar-refractivity contribution is 0.306. The number of rotatable bonds is 6. The molecule has 0 unspecified atom stereocenters. The van der Waals surface area contributed by atoms with Crippen LogP contribution in [0.25, 0.3) is 11.8 Å². The third kappa shape index (κ3) is 4.93. The Morgan fingerprint density at radius 2 is 1.79 bits per heavy atom. The van der Waals surface area contributed by atoms with E-state index in [1.807, 2.05) is 77.4 Å². The minimum Gasteiger partial charge on any atom is -0.496 e. The van der Waals surface area contributed by atoms with Crippen LogP contribution in [0.4, 0.5) is 0 Å². The van der Waals surface area contributed by atoms with Gasteiger partial charge < -0.3 is 9.47 Å². The standard InChI is InChI=1S/C35H27BrN2O3S/c1-40-30-12-5-4-11-28(30)33-29-18-15-24-8-2-3-10-27(24)32(29)37-35-38(33)34(39)31(42-35)20-23-7-6-9-26(19-23)41-21-22-13-16-25(36)17-14-22/h2-14,16-17,19-20,33H,15,18,21H2,1H3/b31-20+/t33-/m1/s1. The van der Waals surface area contributed by atoms with Crippen LogP contribution in [0.3, 0.4) is 0 Å². The van der Waals surface area contributed by atoms with Crippen molar-refractivity contribution in [2.45, 2.75) is 25.5 Å². The summed E-state index contributed by atoms with van der Waals surface area (Å²) in [4.78, 5) is 19.9. The lowest BCUT2D eigenvalue weighted by atomic mass is 9.83. The van der Waals surface area contributed by atoms with E-state index in [1.54, 1.807) is 7.11 Å². The number of para-hydroxylation sites is 1. The third-order valence-corrected chi connectivity index (χ3v) is 9.29. The summed E-state index contributed by atoms with van der Waals surface area (Å²) in [5.41, 5.74) is 7.46. The van der Waals surface area contributed by atoms with Gasteiger partial charge in [0.1, 0.15) is 18.1 Å². The largest absolute Gasteiger partial charge is 0.496 e. The number of fused-ring (bicyclic) bond motifs is 3. The van der Waals surface area contributed by atoms with Gasteiger partial charge >= 0.3 is 0 Å². The second kappa shape index (κ2) is 11.2. The van der Waals surface area contributed by atoms with Gasteiger partial charge in [-0.05, 0) is 71.5 Å². The number of aromatic nitrogens is 1. The molecule has 0 saturated carbocycles. The van der Waals surface area contributed by atoms with Gasteiger partial charge in [0.25, 0.3) is 5.56 Å². The Labute approximate surface area is 255 Å². The SMILES string of the molecule is COc1ccccc1[C@@H]1C2=C(N=c3s/c(=C/c4cccc(OCc5ccc(Br)cc5)c4)c(=O)n31)c1ccccc1CC2. The minimum absolute atomic E-state index is 0.0544. The highest BCUT2D eigenvalue weighted by Crippen LogP contribution is 2.43. The zero-order valence-corrected chi connectivity index (χ0v) is 25.3. The van der Waals surface area contributed by atoms with Crippen molar-refractivity contribution < 1.29 is 9.47 Å². The van der Waals surface area contributed by atoms with Gasteiger partial charge in [-0.1, -0.05) is 94.0 Å². The molecule has 1 aliphatic heterocycles. The van der Waals surface area contributed by atoms with Gasteiger partial charge in [-0.15, -0.1) is 0 Å². The highest BCUT2D eigenvalue weighted by Gasteiger charge is 2.33. The number of hydrogen-bond acceptors (Lipinski definition) is 5. The van der Waals surface area contributed by atoms with E-state index in [0.29, 0.717) is 15.9 Å². The van der Waals surface area contributed by atoms with Gasteiger partial charge in [0.2, 0.25) is 0 Å². The molecule has 0 spiro atoms. The van der Waals surface area contributed by atoms with Crippen LogP contribution in [0, 0.1) is 0 Å². The van der Waals surface area contributed by atoms with Crippen LogP contribution < -0.4 is 24.4 Å². The monoisotopic (exact) mass is 634 g/mol. The van der Waals surface area contributed by atoms with Crippen molar-refractivity contribution in [3.05, 3.63) is 155 Å². The Balaban J connectivity index is 1.33. The maximum absolute atomic E-state index is 14.1. The molecular weight excluding hydrogens is 608 g/mol. The average Bonchev–Trinajstić information content (AvgIpc) is 3.33. The Morgan fingerprint density at radius 3 is 2.64 bits per heavy atom. The van der Waals surface area contributed by atoms with Crippen molar-refractivity contribution in [2.75, 3.05) is 7.11 Å². The number of aryl methyl sites for hydroxylation is 1. The Morgan fingerprint density at radius 1 is 0.976 bits per heavy atom. The molecule has 0 radical (unpaired) electrons. The second-order valence-corrected chi connectivity index (χ2v) is 12.3. The fraction of sp³-hybridized carbons (Fsp3) is 0.143. The maximum Gasteiger partial charge on any atom is 0.271 e. The summed E-state index contributed by atoms with van der Waals surface area (Å²) in [6.07, 6.45) is 3.68. The molecule has 0 amide bonds. The van der Waals surface area contributed by atoms with E-state index in [0.717, 1.165) is 62.3 Å². The fourth-order valence-electron chi connectivity index (χ4n) is 5.78. The summed E-state index contributed by atoms with van der Waals surface area (Å²) in [6, 6.07) is 32.1. The Bertz CT molecular complexity index is 2020. The first-order valence-corrected chi connectivity index (χ1v) is 15.4. The summed E-state index contributed by atoms with van der Waals surface area (Å²) in [7, 11) is 1.68. The summed E-state index contributed by atoms with van der Waals surface area (Å²) in [5, 5.41) is 0. The van der Waals surface area contributed by atoms with E-state index in [2.05, 4.69) is 46.3 Å². The van der Waals surface area contributed by atoms with E-state index in [9.17, 15) is 4.79 Å². The topological polar surface area (TPSA) is 52.8 Å². The first-order valence-electron chi connectivity index (χ1n) is 13.8. The molecule has 0 fully saturated rings. The van der Waals surface area contributed by atoms with Gasteiger partial charge in [-0.25, -0.2) is 4.99 Å². The summed E-state index contributed by atoms with van der Waals surface area (Å²) >= 11 is 4.90. The molecule has 1 aromatic heterocycles. The van der Waals surface area contributed by atoms with Gasteiger partial charge in [-0.2, -0.15) is 0 Å². The molecular formula is C35H27BrN2O3S. The lowest BCUT2D eigenvalue weighted by Gasteiger charge is -2.31. The van der Waals surface area contributed by atoms with Crippen molar-refractivity contribution in [1.29, 1.82) is 0 Å². The predicted molar refractivity (Wildman–Crippen MR) is 171 cm³/mol. The molecule has 1 atom stereocenters. The van der Waals surface area contributed by atoms with Crippen LogP contribution in [0.2, 0.25) is 0 Å². The molecule has 7 rings (SSSR count). The molecule has 0 N–H and O–H groups in total. The zero-order valence-electron chi connectivity index (χ0n) is 22.9. The van der Waals surface area contributed by atoms with Crippen molar-refractivity contribution in [3.8, 4) is 11.5 Å². The number of thiazole rings is 1. The van der Waals surface area contributed by atoms with Crippen molar-refractivity contribution in [1.82, 2.24) is 4.57 Å². The molecule has 0 bridgehead atoms. The van der Waals surface area contributed by atoms with E-state index in [1.165, 1.54) is 16.9 Å². The smallest absolute Gasteiger partial charge is 0.271 e. The normalized spacial score (nSPS) is 15.9. The number of benzene rings is 4. The predicted octanol–water partition coefficient (Wildman–Crippen LogP) is 6.67. The second-order valence-electron chi connectivity index (χ2n) is 10.3. The molecule has 7 heteroatoms. The van der Waals surface area contributed by atoms with E-state index in [-0.39, 0.29) is 11.6 Å². The van der Waals surface area contributed by atoms with Crippen molar-refractivity contribution >= 4 is 39.0 Å². The summed E-state index contributed by atoms with van der Waals surface area (Å²) in [6.45, 7) is 0.463. The van der Waals surface area contributed by atoms with Gasteiger partial charge in [0.05, 0.1) is 23.4 Å². The molecule has 5 nitrogen and oxygen atoms in total. The summed E-state index contributed by atoms with van der Waals surface area (Å²) in [5.74, 6) is 1.51. The average molecular weight is 636 g/mol. The summed E-state index contributed by atoms with van der Waals surface area (Å²) < 4.78 is 15.4. The van der Waals surface area contributed by atoms with E-state index in [4.69, 9.17) is 14.5 Å². The molecule has 1 aliphatic carbocycles. The number of ether oxygens (including phenoxy) is 2. The van der Waals surface area contributed by atoms with Crippen molar-refractivity contribution in [3.63, 3.8) is 0 Å². The van der Waals surface area contributed by atoms with Crippen LogP contribution >= 0.6 is 27.3 Å². The van der Waals surface area contributed by atoms with Gasteiger partial charge in [-0.3, -0.25) is 9.36 Å². The highest BCUT2D eigenvalue weighted by molar-refractivity contribution is 9.10. The van der Waals surface area contributed by atoms with Gasteiger partial charge in [0, 0.05) is 15.6 Å². The lowest BCUT2D eigenvalue weighted by Crippen LogP contribution is -2.39. The van der Waals surface area contributed by atoms with Crippen LogP contribution in [-0.4, -0.2) is 11.7 Å². The quantitative estimate of drug-likeness (QED) is 0.210. The maximum atomic E-state index is 14.1. The molecule has 0 saturated heterocycles. The van der Waals surface area contributed by atoms with E-state index < -0.39 is 0 Å². The first kappa shape index (κ1) is 26.7. The molecule has 2 aliphatic rings. The van der Waals surface area contributed by atoms with Crippen LogP contribution in [0.15, 0.2) is 117 Å². The van der Waals surface area contributed by atoms with Crippen LogP contribution in [-0.2, 0) is 13.0 Å². The number of allylic oxidation sites excluding steroid dienone is 1. The molecule has 4 aromatic carbocycles. The number of methoxy groups -OCH3 is 1. The number of hydrogen-bond donors (Lipinski definition) is 0. The molecule has 5 aromatic rings.